The smallest absolute Gasteiger partial charge is 0.260 e. The van der Waals surface area contributed by atoms with E-state index in [-0.39, 0.29) is 25.0 Å². The van der Waals surface area contributed by atoms with Crippen LogP contribution in [0, 0.1) is 0 Å². The number of nitrogens with zero attached hydrogens (tertiary/aromatic N) is 7. The highest BCUT2D eigenvalue weighted by Gasteiger charge is 2.15. The predicted molar refractivity (Wildman–Crippen MR) is 89.5 cm³/mol. The van der Waals surface area contributed by atoms with Gasteiger partial charge in [0.05, 0.1) is 12.2 Å². The van der Waals surface area contributed by atoms with Gasteiger partial charge in [0.1, 0.15) is 12.1 Å². The number of amides is 1. The molecule has 0 unspecified atom stereocenters. The fourth-order valence-electron chi connectivity index (χ4n) is 2.10. The number of ether oxygens (including phenoxy) is 1. The van der Waals surface area contributed by atoms with Crippen molar-refractivity contribution in [1.82, 2.24) is 35.2 Å². The van der Waals surface area contributed by atoms with Crippen LogP contribution in [-0.2, 0) is 11.3 Å². The summed E-state index contributed by atoms with van der Waals surface area (Å²) in [4.78, 5) is 17.9. The Morgan fingerprint density at radius 2 is 2.08 bits per heavy atom. The van der Waals surface area contributed by atoms with Crippen LogP contribution in [0.25, 0.3) is 5.69 Å². The lowest BCUT2D eigenvalue weighted by Crippen LogP contribution is -2.31. The molecule has 0 atom stereocenters. The SMILES string of the molecule is CC(C)c1nc(CN(C)C(=O)COc2ccc(-n3cnnn3)cc2)no1. The van der Waals surface area contributed by atoms with E-state index in [0.29, 0.717) is 17.5 Å². The molecule has 0 bridgehead atoms. The summed E-state index contributed by atoms with van der Waals surface area (Å²) in [6.07, 6.45) is 1.50. The molecule has 0 aliphatic heterocycles. The Kier molecular flexibility index (Phi) is 5.20. The highest BCUT2D eigenvalue weighted by Crippen LogP contribution is 2.15. The van der Waals surface area contributed by atoms with Gasteiger partial charge in [-0.1, -0.05) is 19.0 Å². The van der Waals surface area contributed by atoms with Crippen LogP contribution in [0.1, 0.15) is 31.5 Å². The molecule has 3 rings (SSSR count). The van der Waals surface area contributed by atoms with Gasteiger partial charge in [-0.25, -0.2) is 4.68 Å². The Morgan fingerprint density at radius 3 is 2.69 bits per heavy atom. The first-order chi connectivity index (χ1) is 12.5. The van der Waals surface area contributed by atoms with Crippen molar-refractivity contribution < 1.29 is 14.1 Å². The zero-order valence-electron chi connectivity index (χ0n) is 14.7. The second-order valence-corrected chi connectivity index (χ2v) is 5.99. The van der Waals surface area contributed by atoms with E-state index in [1.165, 1.54) is 15.9 Å². The van der Waals surface area contributed by atoms with Crippen LogP contribution in [-0.4, -0.2) is 54.8 Å². The maximum atomic E-state index is 12.2. The molecule has 0 spiro atoms. The first-order valence-electron chi connectivity index (χ1n) is 8.05. The molecule has 0 aliphatic carbocycles. The first-order valence-corrected chi connectivity index (χ1v) is 8.05. The van der Waals surface area contributed by atoms with Crippen LogP contribution in [0.3, 0.4) is 0 Å². The molecule has 26 heavy (non-hydrogen) atoms. The standard InChI is InChI=1S/C16H19N7O3/c1-11(2)16-18-14(19-26-16)8-22(3)15(24)9-25-13-6-4-12(5-7-13)23-10-17-20-21-23/h4-7,10-11H,8-9H2,1-3H3. The Labute approximate surface area is 149 Å². The van der Waals surface area contributed by atoms with Crippen LogP contribution in [0.2, 0.25) is 0 Å². The van der Waals surface area contributed by atoms with Gasteiger partial charge in [-0.15, -0.1) is 5.10 Å². The van der Waals surface area contributed by atoms with Crippen molar-refractivity contribution in [3.05, 3.63) is 42.3 Å². The number of carbonyl (C=O) groups excluding carboxylic acids is 1. The quantitative estimate of drug-likeness (QED) is 0.620. The molecule has 0 fully saturated rings. The van der Waals surface area contributed by atoms with Gasteiger partial charge in [0.25, 0.3) is 5.91 Å². The van der Waals surface area contributed by atoms with Crippen molar-refractivity contribution >= 4 is 5.91 Å². The zero-order valence-corrected chi connectivity index (χ0v) is 14.7. The van der Waals surface area contributed by atoms with Crippen molar-refractivity contribution in [2.45, 2.75) is 26.3 Å². The number of carbonyl (C=O) groups is 1. The molecule has 1 aromatic carbocycles. The molecule has 2 heterocycles. The zero-order chi connectivity index (χ0) is 18.5. The molecule has 0 radical (unpaired) electrons. The maximum Gasteiger partial charge on any atom is 0.260 e. The molecular weight excluding hydrogens is 338 g/mol. The molecule has 2 aromatic heterocycles. The molecule has 136 valence electrons. The summed E-state index contributed by atoms with van der Waals surface area (Å²) in [5.74, 6) is 1.56. The van der Waals surface area contributed by atoms with Crippen LogP contribution >= 0.6 is 0 Å². The summed E-state index contributed by atoms with van der Waals surface area (Å²) in [5, 5.41) is 14.8. The van der Waals surface area contributed by atoms with Crippen molar-refractivity contribution in [3.63, 3.8) is 0 Å². The van der Waals surface area contributed by atoms with Crippen LogP contribution < -0.4 is 4.74 Å². The Balaban J connectivity index is 1.51. The average molecular weight is 357 g/mol. The average Bonchev–Trinajstić information content (AvgIpc) is 3.32. The van der Waals surface area contributed by atoms with Crippen molar-refractivity contribution in [3.8, 4) is 11.4 Å². The fraction of sp³-hybridized carbons (Fsp3) is 0.375. The van der Waals surface area contributed by atoms with Gasteiger partial charge in [0.15, 0.2) is 12.4 Å². The number of likely N-dealkylation sites (N-methyl/N-ethyl adjacent to an activating group) is 1. The van der Waals surface area contributed by atoms with Gasteiger partial charge in [-0.05, 0) is 34.7 Å². The summed E-state index contributed by atoms with van der Waals surface area (Å²) in [5.41, 5.74) is 0.795. The van der Waals surface area contributed by atoms with Crippen LogP contribution in [0.15, 0.2) is 35.1 Å². The molecule has 0 saturated carbocycles. The topological polar surface area (TPSA) is 112 Å². The van der Waals surface area contributed by atoms with Crippen molar-refractivity contribution in [1.29, 1.82) is 0 Å². The van der Waals surface area contributed by atoms with E-state index < -0.39 is 0 Å². The van der Waals surface area contributed by atoms with Gasteiger partial charge in [-0.3, -0.25) is 4.79 Å². The van der Waals surface area contributed by atoms with E-state index in [9.17, 15) is 4.79 Å². The summed E-state index contributed by atoms with van der Waals surface area (Å²) in [7, 11) is 1.66. The van der Waals surface area contributed by atoms with E-state index in [1.54, 1.807) is 31.3 Å². The third kappa shape index (κ3) is 4.21. The molecular formula is C16H19N7O3. The minimum Gasteiger partial charge on any atom is -0.484 e. The minimum absolute atomic E-state index is 0.0877. The summed E-state index contributed by atoms with van der Waals surface area (Å²) in [6.45, 7) is 4.10. The van der Waals surface area contributed by atoms with Gasteiger partial charge >= 0.3 is 0 Å². The third-order valence-electron chi connectivity index (χ3n) is 3.59. The number of hydrogen-bond acceptors (Lipinski definition) is 8. The van der Waals surface area contributed by atoms with Gasteiger partial charge in [0, 0.05) is 13.0 Å². The maximum absolute atomic E-state index is 12.2. The number of rotatable bonds is 7. The lowest BCUT2D eigenvalue weighted by molar-refractivity contribution is -0.132. The van der Waals surface area contributed by atoms with Crippen molar-refractivity contribution in [2.75, 3.05) is 13.7 Å². The van der Waals surface area contributed by atoms with E-state index in [2.05, 4.69) is 25.7 Å². The largest absolute Gasteiger partial charge is 0.484 e. The third-order valence-corrected chi connectivity index (χ3v) is 3.59. The number of hydrogen-bond donors (Lipinski definition) is 0. The second kappa shape index (κ2) is 7.72. The molecule has 1 amide bonds. The van der Waals surface area contributed by atoms with Gasteiger partial charge in [0.2, 0.25) is 5.89 Å². The number of tetrazole rings is 1. The van der Waals surface area contributed by atoms with E-state index in [0.717, 1.165) is 5.69 Å². The fourth-order valence-corrected chi connectivity index (χ4v) is 2.10. The molecule has 0 saturated heterocycles. The van der Waals surface area contributed by atoms with Gasteiger partial charge in [-0.2, -0.15) is 4.98 Å². The lowest BCUT2D eigenvalue weighted by atomic mass is 10.2. The summed E-state index contributed by atoms with van der Waals surface area (Å²) in [6, 6.07) is 7.09. The minimum atomic E-state index is -0.189. The monoisotopic (exact) mass is 357 g/mol. The highest BCUT2D eigenvalue weighted by atomic mass is 16.5. The predicted octanol–water partition coefficient (Wildman–Crippen LogP) is 1.21. The summed E-state index contributed by atoms with van der Waals surface area (Å²) >= 11 is 0. The van der Waals surface area contributed by atoms with E-state index >= 15 is 0 Å². The molecule has 10 nitrogen and oxygen atoms in total. The van der Waals surface area contributed by atoms with Crippen molar-refractivity contribution in [2.24, 2.45) is 0 Å². The lowest BCUT2D eigenvalue weighted by Gasteiger charge is -2.15. The molecule has 3 aromatic rings. The molecule has 0 N–H and O–H groups in total. The summed E-state index contributed by atoms with van der Waals surface area (Å²) < 4.78 is 12.2. The highest BCUT2D eigenvalue weighted by molar-refractivity contribution is 5.77. The Morgan fingerprint density at radius 1 is 1.31 bits per heavy atom. The number of benzene rings is 1. The second-order valence-electron chi connectivity index (χ2n) is 5.99. The van der Waals surface area contributed by atoms with E-state index in [4.69, 9.17) is 9.26 Å². The molecule has 0 aliphatic rings. The van der Waals surface area contributed by atoms with Gasteiger partial charge < -0.3 is 14.2 Å². The Hall–Kier alpha value is -3.30. The van der Waals surface area contributed by atoms with Crippen LogP contribution in [0.4, 0.5) is 0 Å². The number of aromatic nitrogens is 6. The molecule has 10 heteroatoms. The van der Waals surface area contributed by atoms with Crippen LogP contribution in [0.5, 0.6) is 5.75 Å². The first kappa shape index (κ1) is 17.5. The van der Waals surface area contributed by atoms with E-state index in [1.807, 2.05) is 13.8 Å². The normalized spacial score (nSPS) is 10.9. The Bertz CT molecular complexity index is 843.